The molecule has 3 heterocycles. The van der Waals surface area contributed by atoms with Crippen molar-refractivity contribution in [1.82, 2.24) is 15.1 Å². The van der Waals surface area contributed by atoms with Crippen LogP contribution < -0.4 is 5.73 Å². The van der Waals surface area contributed by atoms with Crippen molar-refractivity contribution >= 4 is 17.6 Å². The van der Waals surface area contributed by atoms with Crippen LogP contribution in [0.1, 0.15) is 18.9 Å². The number of hydrogen-bond acceptors (Lipinski definition) is 7. The van der Waals surface area contributed by atoms with Crippen molar-refractivity contribution in [3.63, 3.8) is 0 Å². The molecule has 0 fully saturated rings. The van der Waals surface area contributed by atoms with Crippen LogP contribution in [0.3, 0.4) is 0 Å². The average Bonchev–Trinajstić information content (AvgIpc) is 3.17. The molecule has 3 aromatic rings. The summed E-state index contributed by atoms with van der Waals surface area (Å²) in [7, 11) is 0. The highest BCUT2D eigenvalue weighted by Crippen LogP contribution is 2.41. The van der Waals surface area contributed by atoms with E-state index in [0.717, 1.165) is 6.07 Å². The molecule has 0 saturated carbocycles. The number of aromatic nitrogens is 3. The van der Waals surface area contributed by atoms with E-state index in [4.69, 9.17) is 21.9 Å². The topological polar surface area (TPSA) is 99.4 Å². The van der Waals surface area contributed by atoms with Crippen molar-refractivity contribution in [2.45, 2.75) is 31.2 Å². The van der Waals surface area contributed by atoms with E-state index >= 15 is 0 Å². The summed E-state index contributed by atoms with van der Waals surface area (Å²) in [5.41, 5.74) is 4.44. The van der Waals surface area contributed by atoms with Crippen LogP contribution in [-0.4, -0.2) is 33.4 Å². The zero-order chi connectivity index (χ0) is 22.4. The maximum atomic E-state index is 14.7. The van der Waals surface area contributed by atoms with Crippen LogP contribution in [0.5, 0.6) is 0 Å². The highest BCUT2D eigenvalue weighted by atomic mass is 35.5. The first-order valence-electron chi connectivity index (χ1n) is 8.89. The normalized spacial score (nSPS) is 21.5. The van der Waals surface area contributed by atoms with E-state index in [1.165, 1.54) is 37.5 Å². The zero-order valence-corrected chi connectivity index (χ0v) is 16.6. The van der Waals surface area contributed by atoms with Crippen LogP contribution in [-0.2, 0) is 10.3 Å². The predicted molar refractivity (Wildman–Crippen MR) is 102 cm³/mol. The monoisotopic (exact) mass is 455 g/mol. The lowest BCUT2D eigenvalue weighted by molar-refractivity contribution is -0.208. The molecule has 2 N–H and O–H groups in total. The molecule has 0 aliphatic carbocycles. The minimum Gasteiger partial charge on any atom is -0.452 e. The van der Waals surface area contributed by atoms with Crippen LogP contribution in [0.4, 0.5) is 17.6 Å². The van der Waals surface area contributed by atoms with Gasteiger partial charge < -0.3 is 15.0 Å². The number of alkyl halides is 3. The molecule has 0 saturated heterocycles. The first kappa shape index (κ1) is 21.0. The molecule has 7 nitrogen and oxygen atoms in total. The molecule has 1 aliphatic rings. The minimum absolute atomic E-state index is 0.0915. The second-order valence-corrected chi connectivity index (χ2v) is 7.51. The SMILES string of the molecule is C[C@@]1(c2cc(-c3cc(-c4ncc(Cl)cn4)no3)ccc2F)C[C@@H](C(F)(F)F)OC(N)=N1. The lowest BCUT2D eigenvalue weighted by atomic mass is 9.84. The fraction of sp³-hybridized carbons (Fsp3) is 0.263. The Bertz CT molecular complexity index is 1150. The van der Waals surface area contributed by atoms with Crippen molar-refractivity contribution in [3.8, 4) is 22.8 Å². The lowest BCUT2D eigenvalue weighted by Gasteiger charge is -2.36. The van der Waals surface area contributed by atoms with Gasteiger partial charge in [0.2, 0.25) is 0 Å². The molecule has 0 unspecified atom stereocenters. The number of ether oxygens (including phenoxy) is 1. The third kappa shape index (κ3) is 4.18. The van der Waals surface area contributed by atoms with Gasteiger partial charge >= 0.3 is 6.18 Å². The number of nitrogens with two attached hydrogens (primary N) is 1. The van der Waals surface area contributed by atoms with Gasteiger partial charge in [0.25, 0.3) is 6.02 Å². The molecule has 1 aliphatic heterocycles. The van der Waals surface area contributed by atoms with Gasteiger partial charge in [-0.05, 0) is 25.1 Å². The van der Waals surface area contributed by atoms with Gasteiger partial charge in [0.15, 0.2) is 23.4 Å². The molecular formula is C19H14ClF4N5O2. The van der Waals surface area contributed by atoms with Crippen molar-refractivity contribution in [1.29, 1.82) is 0 Å². The summed E-state index contributed by atoms with van der Waals surface area (Å²) in [5.74, 6) is -0.260. The van der Waals surface area contributed by atoms with Gasteiger partial charge in [0.05, 0.1) is 10.6 Å². The third-order valence-corrected chi connectivity index (χ3v) is 4.95. The Balaban J connectivity index is 1.71. The molecule has 12 heteroatoms. The average molecular weight is 456 g/mol. The van der Waals surface area contributed by atoms with Gasteiger partial charge in [-0.15, -0.1) is 0 Å². The highest BCUT2D eigenvalue weighted by Gasteiger charge is 2.50. The number of aliphatic imine (C=N–C) groups is 1. The maximum absolute atomic E-state index is 14.7. The van der Waals surface area contributed by atoms with Gasteiger partial charge in [-0.1, -0.05) is 16.8 Å². The second kappa shape index (κ2) is 7.49. The standard InChI is InChI=1S/C19H14ClF4N5O2/c1-18(6-15(19(22,23)24)30-17(25)28-18)11-4-9(2-3-12(11)21)14-5-13(29-31-14)16-26-7-10(20)8-27-16/h2-5,7-8,15H,6H2,1H3,(H2,25,28)/t15-,18-/m0/s1. The largest absolute Gasteiger partial charge is 0.452 e. The van der Waals surface area contributed by atoms with Crippen molar-refractivity contribution in [3.05, 3.63) is 53.1 Å². The molecule has 4 rings (SSSR count). The number of amidine groups is 1. The summed E-state index contributed by atoms with van der Waals surface area (Å²) in [6.45, 7) is 1.36. The Morgan fingerprint density at radius 2 is 1.90 bits per heavy atom. The summed E-state index contributed by atoms with van der Waals surface area (Å²) < 4.78 is 64.3. The summed E-state index contributed by atoms with van der Waals surface area (Å²) in [6.07, 6.45) is -4.76. The molecule has 1 aromatic carbocycles. The van der Waals surface area contributed by atoms with E-state index in [1.807, 2.05) is 0 Å². The zero-order valence-electron chi connectivity index (χ0n) is 15.8. The smallest absolute Gasteiger partial charge is 0.425 e. The van der Waals surface area contributed by atoms with Crippen LogP contribution in [0.25, 0.3) is 22.8 Å². The lowest BCUT2D eigenvalue weighted by Crippen LogP contribution is -2.46. The van der Waals surface area contributed by atoms with E-state index < -0.39 is 36.1 Å². The summed E-state index contributed by atoms with van der Waals surface area (Å²) in [6, 6.07) is 4.71. The van der Waals surface area contributed by atoms with Crippen molar-refractivity contribution in [2.75, 3.05) is 0 Å². The van der Waals surface area contributed by atoms with E-state index in [9.17, 15) is 17.6 Å². The molecule has 162 valence electrons. The molecular weight excluding hydrogens is 442 g/mol. The summed E-state index contributed by atoms with van der Waals surface area (Å²) in [4.78, 5) is 12.0. The fourth-order valence-corrected chi connectivity index (χ4v) is 3.37. The van der Waals surface area contributed by atoms with Gasteiger partial charge in [0, 0.05) is 36.0 Å². The first-order chi connectivity index (χ1) is 14.5. The highest BCUT2D eigenvalue weighted by molar-refractivity contribution is 6.30. The number of rotatable bonds is 3. The fourth-order valence-electron chi connectivity index (χ4n) is 3.27. The molecule has 2 aromatic heterocycles. The Morgan fingerprint density at radius 1 is 1.19 bits per heavy atom. The van der Waals surface area contributed by atoms with Crippen molar-refractivity contribution < 1.29 is 26.8 Å². The minimum atomic E-state index is -4.69. The Labute approximate surface area is 177 Å². The van der Waals surface area contributed by atoms with Gasteiger partial charge in [-0.25, -0.2) is 19.4 Å². The Kier molecular flexibility index (Phi) is 5.08. The van der Waals surface area contributed by atoms with Gasteiger partial charge in [0.1, 0.15) is 5.82 Å². The van der Waals surface area contributed by atoms with Crippen LogP contribution in [0.15, 0.2) is 46.2 Å². The number of nitrogens with zero attached hydrogens (tertiary/aromatic N) is 4. The van der Waals surface area contributed by atoms with E-state index in [1.54, 1.807) is 0 Å². The number of benzene rings is 1. The predicted octanol–water partition coefficient (Wildman–Crippen LogP) is 4.47. The van der Waals surface area contributed by atoms with Gasteiger partial charge in [-0.2, -0.15) is 13.2 Å². The quantitative estimate of drug-likeness (QED) is 0.585. The maximum Gasteiger partial charge on any atom is 0.425 e. The van der Waals surface area contributed by atoms with Crippen LogP contribution in [0, 0.1) is 5.82 Å². The number of halogens is 5. The van der Waals surface area contributed by atoms with Crippen LogP contribution in [0.2, 0.25) is 5.02 Å². The van der Waals surface area contributed by atoms with E-state index in [-0.39, 0.29) is 17.1 Å². The molecule has 0 spiro atoms. The Hall–Kier alpha value is -3.21. The molecule has 0 radical (unpaired) electrons. The molecule has 2 atom stereocenters. The van der Waals surface area contributed by atoms with Crippen LogP contribution >= 0.6 is 11.6 Å². The molecule has 31 heavy (non-hydrogen) atoms. The van der Waals surface area contributed by atoms with Crippen molar-refractivity contribution in [2.24, 2.45) is 10.7 Å². The van der Waals surface area contributed by atoms with E-state index in [2.05, 4.69) is 24.9 Å². The summed E-state index contributed by atoms with van der Waals surface area (Å²) in [5, 5.41) is 4.22. The Morgan fingerprint density at radius 3 is 2.58 bits per heavy atom. The third-order valence-electron chi connectivity index (χ3n) is 4.76. The summed E-state index contributed by atoms with van der Waals surface area (Å²) >= 11 is 5.76. The second-order valence-electron chi connectivity index (χ2n) is 7.07. The number of hydrogen-bond donors (Lipinski definition) is 1. The molecule has 0 bridgehead atoms. The first-order valence-corrected chi connectivity index (χ1v) is 9.27. The molecule has 0 amide bonds. The van der Waals surface area contributed by atoms with Gasteiger partial charge in [-0.3, -0.25) is 0 Å². The van der Waals surface area contributed by atoms with E-state index in [0.29, 0.717) is 16.3 Å².